The van der Waals surface area contributed by atoms with E-state index >= 15 is 0 Å². The van der Waals surface area contributed by atoms with Crippen molar-refractivity contribution >= 4 is 29.2 Å². The summed E-state index contributed by atoms with van der Waals surface area (Å²) in [6.07, 6.45) is 7.46. The van der Waals surface area contributed by atoms with Crippen LogP contribution in [0.5, 0.6) is 0 Å². The number of benzene rings is 5. The molecule has 50 heavy (non-hydrogen) atoms. The third-order valence-electron chi connectivity index (χ3n) is 8.21. The number of hydrogen-bond acceptors (Lipinski definition) is 2. The molecule has 2 aromatic heterocycles. The van der Waals surface area contributed by atoms with Crippen LogP contribution >= 0.6 is 0 Å². The molecule has 7 rings (SSSR count). The molecule has 7 aromatic rings. The Morgan fingerprint density at radius 3 is 1.78 bits per heavy atom. The molecule has 0 radical (unpaired) electrons. The Morgan fingerprint density at radius 2 is 1.22 bits per heavy atom. The average Bonchev–Trinajstić information content (AvgIpc) is 3.17. The molecule has 0 saturated carbocycles. The quantitative estimate of drug-likeness (QED) is 0.112. The Bertz CT molecular complexity index is 2060. The van der Waals surface area contributed by atoms with E-state index in [0.29, 0.717) is 0 Å². The maximum atomic E-state index is 4.46. The van der Waals surface area contributed by atoms with Crippen LogP contribution in [0.4, 0.5) is 17.1 Å². The third kappa shape index (κ3) is 8.37. The van der Waals surface area contributed by atoms with Crippen LogP contribution < -0.4 is 9.47 Å². The molecule has 0 fully saturated rings. The van der Waals surface area contributed by atoms with Crippen LogP contribution in [0.25, 0.3) is 45.8 Å². The summed E-state index contributed by atoms with van der Waals surface area (Å²) in [4.78, 5) is 6.71. The van der Waals surface area contributed by atoms with Crippen molar-refractivity contribution in [2.45, 2.75) is 0 Å². The Kier molecular flexibility index (Phi) is 12.0. The minimum absolute atomic E-state index is 0. The van der Waals surface area contributed by atoms with Crippen molar-refractivity contribution < 1.29 is 24.7 Å². The fraction of sp³-hybridized carbons (Fsp3) is 0. The van der Waals surface area contributed by atoms with Gasteiger partial charge in [0.25, 0.3) is 0 Å². The van der Waals surface area contributed by atoms with Gasteiger partial charge in [-0.3, -0.25) is 0 Å². The number of aromatic nitrogens is 2. The normalized spacial score (nSPS) is 10.2. The SMILES string of the molecule is C=Cc1ccc(N(c2ccc(C=C)cc2)c2ccc(-c3cc[c-]c(-c4ccccn4)c3)cc2)cc1.[CH2-]c1ccccc1-c1cccc[n+]1[CH2-].[Ir+3]. The van der Waals surface area contributed by atoms with Crippen molar-refractivity contribution in [3.63, 3.8) is 0 Å². The smallest absolute Gasteiger partial charge is 0.343 e. The fourth-order valence-electron chi connectivity index (χ4n) is 5.58. The summed E-state index contributed by atoms with van der Waals surface area (Å²) in [7, 11) is 3.93. The minimum atomic E-state index is 0. The maximum Gasteiger partial charge on any atom is 3.00 e. The molecule has 244 valence electrons. The Morgan fingerprint density at radius 1 is 0.640 bits per heavy atom. The predicted octanol–water partition coefficient (Wildman–Crippen LogP) is 11.4. The molecule has 0 saturated heterocycles. The van der Waals surface area contributed by atoms with Crippen molar-refractivity contribution in [1.29, 1.82) is 0 Å². The van der Waals surface area contributed by atoms with E-state index < -0.39 is 0 Å². The van der Waals surface area contributed by atoms with Gasteiger partial charge >= 0.3 is 20.1 Å². The van der Waals surface area contributed by atoms with E-state index in [1.165, 1.54) is 0 Å². The summed E-state index contributed by atoms with van der Waals surface area (Å²) >= 11 is 0. The Balaban J connectivity index is 0.000000271. The van der Waals surface area contributed by atoms with Gasteiger partial charge in [0.15, 0.2) is 0 Å². The molecular weight excluding hydrogens is 787 g/mol. The first kappa shape index (κ1) is 35.4. The molecule has 4 heteroatoms. The molecule has 0 spiro atoms. The Hall–Kier alpha value is -5.93. The van der Waals surface area contributed by atoms with Crippen molar-refractivity contribution in [2.75, 3.05) is 4.90 Å². The van der Waals surface area contributed by atoms with E-state index in [1.807, 2.05) is 89.8 Å². The summed E-state index contributed by atoms with van der Waals surface area (Å²) in [5, 5.41) is 0. The zero-order chi connectivity index (χ0) is 34.0. The first-order valence-corrected chi connectivity index (χ1v) is 16.1. The van der Waals surface area contributed by atoms with Crippen LogP contribution in [0, 0.1) is 20.0 Å². The molecule has 2 heterocycles. The second kappa shape index (κ2) is 16.9. The van der Waals surface area contributed by atoms with Gasteiger partial charge in [0.05, 0.1) is 11.9 Å². The van der Waals surface area contributed by atoms with Gasteiger partial charge in [-0.25, -0.2) is 0 Å². The predicted molar refractivity (Wildman–Crippen MR) is 206 cm³/mol. The average molecular weight is 824 g/mol. The summed E-state index contributed by atoms with van der Waals surface area (Å²) in [6.45, 7) is 11.7. The van der Waals surface area contributed by atoms with Gasteiger partial charge in [-0.05, 0) is 64.8 Å². The molecule has 0 bridgehead atoms. The zero-order valence-electron chi connectivity index (χ0n) is 27.7. The van der Waals surface area contributed by atoms with Gasteiger partial charge in [0.2, 0.25) is 0 Å². The first-order chi connectivity index (χ1) is 24.0. The van der Waals surface area contributed by atoms with E-state index in [0.717, 1.165) is 67.4 Å². The third-order valence-corrected chi connectivity index (χ3v) is 8.21. The standard InChI is InChI=1S/C33H25N2.C13H12N.Ir/c1-3-25-11-17-30(18-12-25)35(31-19-13-26(4-2)14-20-31)32-21-15-27(16-22-32)28-8-7-9-29(24-28)33-10-5-6-23-34-33;1-11-7-3-4-8-12(11)13-9-5-6-10-14(13)2;/h3-8,10-24H,1-2H2;3-10H,1-2H2;/q2*-1;+3. The van der Waals surface area contributed by atoms with Gasteiger partial charge < -0.3 is 14.5 Å². The summed E-state index contributed by atoms with van der Waals surface area (Å²) in [5.74, 6) is 0. The number of nitrogens with zero attached hydrogens (tertiary/aromatic N) is 3. The van der Waals surface area contributed by atoms with Crippen LogP contribution in [-0.4, -0.2) is 4.98 Å². The number of hydrogen-bond donors (Lipinski definition) is 0. The molecule has 3 nitrogen and oxygen atoms in total. The monoisotopic (exact) mass is 824 g/mol. The minimum Gasteiger partial charge on any atom is -0.343 e. The summed E-state index contributed by atoms with van der Waals surface area (Å²) in [5.41, 5.74) is 12.9. The van der Waals surface area contributed by atoms with Crippen LogP contribution in [0.1, 0.15) is 16.7 Å². The van der Waals surface area contributed by atoms with Gasteiger partial charge in [0, 0.05) is 30.3 Å². The van der Waals surface area contributed by atoms with Crippen LogP contribution in [0.2, 0.25) is 0 Å². The molecule has 5 aromatic carbocycles. The topological polar surface area (TPSA) is 20.0 Å². The van der Waals surface area contributed by atoms with Crippen molar-refractivity contribution in [1.82, 2.24) is 4.98 Å². The van der Waals surface area contributed by atoms with Crippen LogP contribution in [-0.2, 0) is 20.1 Å². The summed E-state index contributed by atoms with van der Waals surface area (Å²) in [6, 6.07) is 54.9. The summed E-state index contributed by atoms with van der Waals surface area (Å²) < 4.78 is 1.85. The van der Waals surface area contributed by atoms with Crippen LogP contribution in [0.3, 0.4) is 0 Å². The van der Waals surface area contributed by atoms with Gasteiger partial charge in [-0.2, -0.15) is 18.6 Å². The second-order valence-electron chi connectivity index (χ2n) is 11.4. The van der Waals surface area contributed by atoms with Crippen LogP contribution in [0.15, 0.2) is 177 Å². The van der Waals surface area contributed by atoms with Gasteiger partial charge in [-0.1, -0.05) is 98.1 Å². The Labute approximate surface area is 309 Å². The largest absolute Gasteiger partial charge is 3.00 e. The van der Waals surface area contributed by atoms with E-state index in [9.17, 15) is 0 Å². The molecule has 0 aliphatic heterocycles. The van der Waals surface area contributed by atoms with Gasteiger partial charge in [-0.15, -0.1) is 53.1 Å². The molecule has 0 atom stereocenters. The van der Waals surface area contributed by atoms with E-state index in [-0.39, 0.29) is 20.1 Å². The van der Waals surface area contributed by atoms with E-state index in [2.05, 4.69) is 134 Å². The maximum absolute atomic E-state index is 4.46. The zero-order valence-corrected chi connectivity index (χ0v) is 30.1. The molecule has 0 aliphatic rings. The van der Waals surface area contributed by atoms with E-state index in [4.69, 9.17) is 0 Å². The fourth-order valence-corrected chi connectivity index (χ4v) is 5.58. The van der Waals surface area contributed by atoms with Crippen molar-refractivity contribution in [3.05, 3.63) is 214 Å². The second-order valence-corrected chi connectivity index (χ2v) is 11.4. The van der Waals surface area contributed by atoms with Crippen molar-refractivity contribution in [3.8, 4) is 33.6 Å². The molecule has 0 unspecified atom stereocenters. The molecule has 0 N–H and O–H groups in total. The van der Waals surface area contributed by atoms with Crippen molar-refractivity contribution in [2.24, 2.45) is 0 Å². The van der Waals surface area contributed by atoms with E-state index in [1.54, 1.807) is 0 Å². The first-order valence-electron chi connectivity index (χ1n) is 16.1. The number of rotatable bonds is 8. The number of anilines is 3. The number of pyridine rings is 2. The molecular formula is C46H37IrN3+. The molecule has 0 aliphatic carbocycles. The van der Waals surface area contributed by atoms with Gasteiger partial charge in [0.1, 0.15) is 0 Å². The molecule has 0 amide bonds.